The zero-order chi connectivity index (χ0) is 37.2. The number of rotatable bonds is 4. The van der Waals surface area contributed by atoms with Crippen molar-refractivity contribution in [3.8, 4) is 33.9 Å². The first-order valence-electron chi connectivity index (χ1n) is 19.1. The van der Waals surface area contributed by atoms with Crippen LogP contribution in [0.4, 0.5) is 0 Å². The van der Waals surface area contributed by atoms with Crippen LogP contribution in [-0.4, -0.2) is 27.9 Å². The van der Waals surface area contributed by atoms with Crippen LogP contribution in [0.15, 0.2) is 183 Å². The summed E-state index contributed by atoms with van der Waals surface area (Å²) in [4.78, 5) is 9.73. The summed E-state index contributed by atoms with van der Waals surface area (Å²) in [6.45, 7) is 0. The molecule has 0 bridgehead atoms. The fourth-order valence-corrected chi connectivity index (χ4v) is 10.5. The lowest BCUT2D eigenvalue weighted by Crippen LogP contribution is -1.93. The second-order valence-electron chi connectivity index (χ2n) is 14.8. The van der Waals surface area contributed by atoms with E-state index < -0.39 is 0 Å². The number of hydrogen-bond acceptors (Lipinski definition) is 3. The summed E-state index contributed by atoms with van der Waals surface area (Å²) in [5.74, 6) is 0. The van der Waals surface area contributed by atoms with Crippen LogP contribution >= 0.6 is 11.3 Å². The topological polar surface area (TPSA) is 44.5 Å². The molecule has 0 spiro atoms. The number of thiophene rings is 1. The average molecular weight is 747 g/mol. The van der Waals surface area contributed by atoms with Gasteiger partial charge in [-0.15, -0.1) is 11.3 Å². The average Bonchev–Trinajstić information content (AvgIpc) is 4.09. The van der Waals surface area contributed by atoms with E-state index in [1.165, 1.54) is 63.8 Å². The quantitative estimate of drug-likeness (QED) is 0.180. The molecule has 0 aliphatic carbocycles. The smallest absolute Gasteiger partial charge is 0.137 e. The number of imidazole rings is 2. The molecule has 0 N–H and O–H groups in total. The minimum atomic E-state index is 0.947. The van der Waals surface area contributed by atoms with Gasteiger partial charge >= 0.3 is 0 Å². The number of nitrogens with zero attached hydrogens (tertiary/aromatic N) is 6. The van der Waals surface area contributed by atoms with Gasteiger partial charge in [0.2, 0.25) is 0 Å². The van der Waals surface area contributed by atoms with Crippen molar-refractivity contribution in [3.63, 3.8) is 0 Å². The summed E-state index contributed by atoms with van der Waals surface area (Å²) in [7, 11) is 0. The van der Waals surface area contributed by atoms with Crippen LogP contribution in [0, 0.1) is 0 Å². The summed E-state index contributed by atoms with van der Waals surface area (Å²) in [5.41, 5.74) is 13.1. The highest BCUT2D eigenvalue weighted by molar-refractivity contribution is 7.27. The van der Waals surface area contributed by atoms with Crippen LogP contribution in [0.25, 0.3) is 109 Å². The Bertz CT molecular complexity index is 3430. The molecule has 0 fully saturated rings. The van der Waals surface area contributed by atoms with Crippen molar-refractivity contribution in [2.24, 2.45) is 0 Å². The standard InChI is InChI=1S/C50H30N6S/c1-3-11-41-37(9-1)47-43(55(41)33-19-15-31(16-20-33)39-29-53-27-7-5-13-45(53)51-39)25-23-35-36-24-26-44-48(50(36)57-49(35)47)38-10-2-4-12-42(38)56(44)34-21-17-32(18-22-34)40-30-54-28-8-6-14-46(54)52-40/h1-30H. The van der Waals surface area contributed by atoms with Gasteiger partial charge in [0.25, 0.3) is 0 Å². The highest BCUT2D eigenvalue weighted by Crippen LogP contribution is 2.47. The molecule has 13 aromatic rings. The third-order valence-corrected chi connectivity index (χ3v) is 12.9. The maximum atomic E-state index is 4.86. The monoisotopic (exact) mass is 746 g/mol. The van der Waals surface area contributed by atoms with E-state index in [2.05, 4.69) is 152 Å². The van der Waals surface area contributed by atoms with Crippen molar-refractivity contribution in [1.29, 1.82) is 0 Å². The lowest BCUT2D eigenvalue weighted by atomic mass is 10.1. The lowest BCUT2D eigenvalue weighted by molar-refractivity contribution is 1.18. The van der Waals surface area contributed by atoms with Crippen LogP contribution < -0.4 is 0 Å². The van der Waals surface area contributed by atoms with E-state index in [-0.39, 0.29) is 0 Å². The molecular formula is C50H30N6S. The Balaban J connectivity index is 0.986. The van der Waals surface area contributed by atoms with Gasteiger partial charge in [-0.05, 0) is 72.8 Å². The fraction of sp³-hybridized carbons (Fsp3) is 0. The Morgan fingerprint density at radius 1 is 0.368 bits per heavy atom. The van der Waals surface area contributed by atoms with Gasteiger partial charge in [-0.1, -0.05) is 84.9 Å². The second-order valence-corrected chi connectivity index (χ2v) is 15.8. The maximum Gasteiger partial charge on any atom is 0.137 e. The Labute approximate surface area is 329 Å². The molecule has 0 radical (unpaired) electrons. The van der Waals surface area contributed by atoms with Gasteiger partial charge in [0.15, 0.2) is 0 Å². The minimum absolute atomic E-state index is 0.947. The predicted molar refractivity (Wildman–Crippen MR) is 236 cm³/mol. The Morgan fingerprint density at radius 3 is 1.26 bits per heavy atom. The third kappa shape index (κ3) is 4.40. The molecule has 6 aromatic carbocycles. The second kappa shape index (κ2) is 11.5. The van der Waals surface area contributed by atoms with Crippen molar-refractivity contribution in [1.82, 2.24) is 27.9 Å². The molecule has 0 unspecified atom stereocenters. The summed E-state index contributed by atoms with van der Waals surface area (Å²) in [5, 5.41) is 7.71. The van der Waals surface area contributed by atoms with E-state index in [9.17, 15) is 0 Å². The first-order chi connectivity index (χ1) is 28.2. The molecule has 0 amide bonds. The van der Waals surface area contributed by atoms with E-state index in [4.69, 9.17) is 9.97 Å². The lowest BCUT2D eigenvalue weighted by Gasteiger charge is -2.09. The predicted octanol–water partition coefficient (Wildman–Crippen LogP) is 12.9. The number of pyridine rings is 2. The van der Waals surface area contributed by atoms with E-state index in [1.54, 1.807) is 0 Å². The largest absolute Gasteiger partial charge is 0.309 e. The summed E-state index contributed by atoms with van der Waals surface area (Å²) >= 11 is 1.92. The molecule has 0 aliphatic heterocycles. The van der Waals surface area contributed by atoms with Gasteiger partial charge in [0.05, 0.1) is 33.5 Å². The van der Waals surface area contributed by atoms with Gasteiger partial charge in [0, 0.05) is 89.0 Å². The number of benzene rings is 6. The highest BCUT2D eigenvalue weighted by atomic mass is 32.1. The molecule has 0 atom stereocenters. The van der Waals surface area contributed by atoms with Crippen LogP contribution in [-0.2, 0) is 0 Å². The molecule has 6 nitrogen and oxygen atoms in total. The number of fused-ring (bicyclic) bond motifs is 13. The molecular weight excluding hydrogens is 717 g/mol. The van der Waals surface area contributed by atoms with Gasteiger partial charge < -0.3 is 17.9 Å². The zero-order valence-corrected chi connectivity index (χ0v) is 31.2. The summed E-state index contributed by atoms with van der Waals surface area (Å²) in [6.07, 6.45) is 8.27. The molecule has 7 heterocycles. The van der Waals surface area contributed by atoms with E-state index in [0.717, 1.165) is 45.2 Å². The van der Waals surface area contributed by atoms with E-state index in [0.29, 0.717) is 0 Å². The van der Waals surface area contributed by atoms with Gasteiger partial charge in [-0.3, -0.25) is 0 Å². The molecule has 0 aliphatic rings. The Hall–Kier alpha value is -7.48. The van der Waals surface area contributed by atoms with Crippen molar-refractivity contribution >= 4 is 86.4 Å². The first-order valence-corrected chi connectivity index (χ1v) is 20.0. The van der Waals surface area contributed by atoms with Crippen LogP contribution in [0.5, 0.6) is 0 Å². The van der Waals surface area contributed by atoms with Crippen LogP contribution in [0.2, 0.25) is 0 Å². The number of para-hydroxylation sites is 2. The molecule has 0 saturated heterocycles. The van der Waals surface area contributed by atoms with Crippen molar-refractivity contribution in [3.05, 3.63) is 183 Å². The first kappa shape index (κ1) is 30.8. The third-order valence-electron chi connectivity index (χ3n) is 11.6. The Morgan fingerprint density at radius 2 is 0.807 bits per heavy atom. The molecule has 7 heteroatoms. The van der Waals surface area contributed by atoms with Crippen molar-refractivity contribution < 1.29 is 0 Å². The maximum absolute atomic E-state index is 4.86. The highest BCUT2D eigenvalue weighted by Gasteiger charge is 2.21. The minimum Gasteiger partial charge on any atom is -0.309 e. The number of hydrogen-bond donors (Lipinski definition) is 0. The van der Waals surface area contributed by atoms with Crippen LogP contribution in [0.1, 0.15) is 0 Å². The van der Waals surface area contributed by atoms with E-state index in [1.807, 2.05) is 60.1 Å². The molecule has 0 saturated carbocycles. The van der Waals surface area contributed by atoms with E-state index >= 15 is 0 Å². The van der Waals surface area contributed by atoms with Crippen molar-refractivity contribution in [2.45, 2.75) is 0 Å². The van der Waals surface area contributed by atoms with Crippen LogP contribution in [0.3, 0.4) is 0 Å². The van der Waals surface area contributed by atoms with Gasteiger partial charge in [-0.2, -0.15) is 0 Å². The molecule has 266 valence electrons. The molecule has 57 heavy (non-hydrogen) atoms. The SMILES string of the molecule is c1ccc2c(c1)c1c3sc4c(ccc5c4c4ccccc4n5-c4ccc(-c5cn6ccccc6n5)cc4)c3ccc1n2-c1ccc(-c2cn3ccccc3n2)cc1. The summed E-state index contributed by atoms with van der Waals surface area (Å²) < 4.78 is 11.6. The summed E-state index contributed by atoms with van der Waals surface area (Å²) in [6, 6.07) is 56.8. The zero-order valence-electron chi connectivity index (χ0n) is 30.4. The molecule has 7 aromatic heterocycles. The normalized spacial score (nSPS) is 12.2. The number of aromatic nitrogens is 6. The Kier molecular flexibility index (Phi) is 6.23. The van der Waals surface area contributed by atoms with Gasteiger partial charge in [0.1, 0.15) is 11.3 Å². The molecule has 13 rings (SSSR count). The fourth-order valence-electron chi connectivity index (χ4n) is 9.06. The van der Waals surface area contributed by atoms with Gasteiger partial charge in [-0.25, -0.2) is 9.97 Å². The van der Waals surface area contributed by atoms with Crippen molar-refractivity contribution in [2.75, 3.05) is 0 Å².